The Hall–Kier alpha value is -2.07. The van der Waals surface area contributed by atoms with Crippen molar-refractivity contribution < 1.29 is 76.0 Å². The van der Waals surface area contributed by atoms with Gasteiger partial charge in [0.25, 0.3) is 0 Å². The lowest BCUT2D eigenvalue weighted by atomic mass is 10.0. The molecule has 0 amide bonds. The smallest absolute Gasteiger partial charge is 0.135 e. The molecule has 0 atom stereocenters. The number of methoxy groups -OCH3 is 1. The Labute approximate surface area is 550 Å². The van der Waals surface area contributed by atoms with E-state index in [0.29, 0.717) is 215 Å². The summed E-state index contributed by atoms with van der Waals surface area (Å²) < 4.78 is 71.3. The molecule has 0 saturated carbocycles. The molecule has 0 aliphatic rings. The number of nitrogens with zero attached hydrogens (tertiary/aromatic N) is 1. The van der Waals surface area contributed by atoms with E-state index in [1.165, 1.54) is 141 Å². The van der Waals surface area contributed by atoms with Crippen LogP contribution in [0.15, 0.2) is 24.3 Å². The van der Waals surface area contributed by atoms with Gasteiger partial charge in [-0.2, -0.15) is 0 Å². The maximum Gasteiger partial charge on any atom is 0.135 e. The van der Waals surface area contributed by atoms with Gasteiger partial charge in [0.15, 0.2) is 0 Å². The van der Waals surface area contributed by atoms with E-state index in [4.69, 9.17) is 61.6 Å². The predicted molar refractivity (Wildman–Crippen MR) is 364 cm³/mol. The molecule has 0 aromatic carbocycles. The molecule has 17 heteroatoms. The Morgan fingerprint density at radius 2 is 0.433 bits per heavy atom. The second kappa shape index (κ2) is 79.4. The van der Waals surface area contributed by atoms with Crippen LogP contribution in [0, 0.1) is 0 Å². The number of hydrogen-bond donors (Lipinski definition) is 0. The van der Waals surface area contributed by atoms with E-state index >= 15 is 0 Å². The number of rotatable bonds is 81. The van der Waals surface area contributed by atoms with Gasteiger partial charge >= 0.3 is 0 Å². The summed E-state index contributed by atoms with van der Waals surface area (Å²) in [5.74, 6) is 0.921. The highest BCUT2D eigenvalue weighted by Gasteiger charge is 2.12. The highest BCUT2D eigenvalue weighted by atomic mass is 16.6. The van der Waals surface area contributed by atoms with Crippen LogP contribution in [0.4, 0.5) is 0 Å². The van der Waals surface area contributed by atoms with Crippen molar-refractivity contribution in [3.63, 3.8) is 0 Å². The Morgan fingerprint density at radius 1 is 0.233 bits per heavy atom. The van der Waals surface area contributed by atoms with Crippen molar-refractivity contribution in [2.75, 3.05) is 192 Å². The highest BCUT2D eigenvalue weighted by Crippen LogP contribution is 2.14. The number of ether oxygens (including phenoxy) is 13. The summed E-state index contributed by atoms with van der Waals surface area (Å²) in [4.78, 5) is 40.9. The fourth-order valence-corrected chi connectivity index (χ4v) is 9.85. The van der Waals surface area contributed by atoms with Crippen molar-refractivity contribution >= 4 is 17.3 Å². The minimum absolute atomic E-state index is 0.195. The molecule has 0 bridgehead atoms. The van der Waals surface area contributed by atoms with E-state index in [2.05, 4.69) is 43.1 Å². The summed E-state index contributed by atoms with van der Waals surface area (Å²) >= 11 is 0. The monoisotopic (exact) mass is 1290 g/mol. The summed E-state index contributed by atoms with van der Waals surface area (Å²) in [6.07, 6.45) is 48.0. The maximum absolute atomic E-state index is 12.9. The maximum atomic E-state index is 12.9. The molecule has 0 rings (SSSR count). The average molecular weight is 1290 g/mol. The van der Waals surface area contributed by atoms with Crippen molar-refractivity contribution in [2.45, 2.75) is 239 Å². The molecule has 0 aromatic heterocycles. The molecule has 532 valence electrons. The van der Waals surface area contributed by atoms with E-state index in [0.717, 1.165) is 64.6 Å². The molecule has 0 saturated heterocycles. The first kappa shape index (κ1) is 87.9. The highest BCUT2D eigenvalue weighted by molar-refractivity contribution is 5.79. The largest absolute Gasteiger partial charge is 0.382 e. The Kier molecular flexibility index (Phi) is 77.5. The fraction of sp³-hybridized carbons (Fsp3) is 0.904. The zero-order valence-electron chi connectivity index (χ0n) is 58.3. The van der Waals surface area contributed by atoms with Crippen molar-refractivity contribution in [1.82, 2.24) is 4.90 Å². The van der Waals surface area contributed by atoms with Crippen LogP contribution < -0.4 is 0 Å². The van der Waals surface area contributed by atoms with E-state index in [1.807, 2.05) is 0 Å². The molecule has 0 fully saturated rings. The second-order valence-electron chi connectivity index (χ2n) is 23.5. The van der Waals surface area contributed by atoms with Gasteiger partial charge in [0.2, 0.25) is 0 Å². The van der Waals surface area contributed by atoms with Crippen molar-refractivity contribution in [3.05, 3.63) is 24.3 Å². The molecular formula is C73H139NO16. The summed E-state index contributed by atoms with van der Waals surface area (Å²) in [5.41, 5.74) is 0. The van der Waals surface area contributed by atoms with Crippen LogP contribution >= 0.6 is 0 Å². The number of hydrogen-bond acceptors (Lipinski definition) is 17. The molecule has 0 aliphatic carbocycles. The number of Topliss-reactive ketones (excluding diaryl/α,β-unsaturated/α-hetero) is 3. The van der Waals surface area contributed by atoms with Crippen LogP contribution in [0.5, 0.6) is 0 Å². The summed E-state index contributed by atoms with van der Waals surface area (Å²) in [5, 5.41) is 0. The lowest BCUT2D eigenvalue weighted by molar-refractivity contribution is -0.120. The zero-order valence-corrected chi connectivity index (χ0v) is 58.3. The lowest BCUT2D eigenvalue weighted by Crippen LogP contribution is -2.28. The van der Waals surface area contributed by atoms with Gasteiger partial charge in [0.1, 0.15) is 17.3 Å². The SMILES string of the molecule is CCCCCCCC/C=C\CCCCCCCC(=O)CCCN(CCCC(=O)CCCCCCC/C=C\CCCCCCCC)CCCC(=O)CCOCCOCCOCCOCCOCCOCCOCCOCCOCCOCCOCCOCCOC. The minimum atomic E-state index is 0.195. The van der Waals surface area contributed by atoms with Gasteiger partial charge in [-0.05, 0) is 103 Å². The summed E-state index contributed by atoms with van der Waals surface area (Å²) in [6.45, 7) is 19.3. The molecule has 0 radical (unpaired) electrons. The van der Waals surface area contributed by atoms with E-state index in [9.17, 15) is 14.4 Å². The molecule has 0 aromatic rings. The first-order valence-corrected chi connectivity index (χ1v) is 36.5. The number of ketones is 3. The lowest BCUT2D eigenvalue weighted by Gasteiger charge is -2.22. The Bertz CT molecular complexity index is 1430. The van der Waals surface area contributed by atoms with Crippen LogP contribution in [0.3, 0.4) is 0 Å². The first-order valence-electron chi connectivity index (χ1n) is 36.5. The third-order valence-corrected chi connectivity index (χ3v) is 15.3. The standard InChI is InChI=1S/C73H139NO16/c1-4-6-8-10-12-14-16-18-20-22-24-26-28-30-32-37-71(75)39-34-43-74(44-35-40-72(76)38-33-31-29-27-25-23-21-19-17-15-13-11-9-7-5-2)45-36-41-73(77)42-46-79-49-50-81-53-54-83-57-58-85-61-62-87-65-66-89-69-70-90-68-67-88-64-63-86-60-59-84-56-55-82-52-51-80-48-47-78-3/h18-21H,4-17,22-70H2,1-3H3/b20-18-,21-19-. The topological polar surface area (TPSA) is 174 Å². The Morgan fingerprint density at radius 3 is 0.689 bits per heavy atom. The van der Waals surface area contributed by atoms with Gasteiger partial charge in [-0.25, -0.2) is 0 Å². The molecule has 0 aliphatic heterocycles. The molecule has 0 spiro atoms. The van der Waals surface area contributed by atoms with Gasteiger partial charge in [-0.15, -0.1) is 0 Å². The van der Waals surface area contributed by atoms with Gasteiger partial charge in [-0.1, -0.05) is 141 Å². The van der Waals surface area contributed by atoms with Crippen LogP contribution in [-0.4, -0.2) is 214 Å². The molecule has 17 nitrogen and oxygen atoms in total. The quantitative estimate of drug-likeness (QED) is 0.0415. The zero-order chi connectivity index (χ0) is 64.9. The first-order chi connectivity index (χ1) is 44.5. The Balaban J connectivity index is 4.02. The normalized spacial score (nSPS) is 11.9. The predicted octanol–water partition coefficient (Wildman–Crippen LogP) is 14.6. The van der Waals surface area contributed by atoms with Crippen LogP contribution in [0.25, 0.3) is 0 Å². The van der Waals surface area contributed by atoms with Gasteiger partial charge < -0.3 is 66.5 Å². The molecule has 0 N–H and O–H groups in total. The average Bonchev–Trinajstić information content (AvgIpc) is 3.61. The van der Waals surface area contributed by atoms with Crippen molar-refractivity contribution in [2.24, 2.45) is 0 Å². The van der Waals surface area contributed by atoms with Crippen molar-refractivity contribution in [3.8, 4) is 0 Å². The van der Waals surface area contributed by atoms with Gasteiger partial charge in [-0.3, -0.25) is 14.4 Å². The molecule has 0 unspecified atom stereocenters. The van der Waals surface area contributed by atoms with Gasteiger partial charge in [0.05, 0.1) is 165 Å². The number of carbonyl (C=O) groups is 3. The minimum Gasteiger partial charge on any atom is -0.382 e. The summed E-state index contributed by atoms with van der Waals surface area (Å²) in [7, 11) is 1.65. The van der Waals surface area contributed by atoms with Crippen LogP contribution in [0.1, 0.15) is 239 Å². The van der Waals surface area contributed by atoms with Gasteiger partial charge in [0, 0.05) is 45.6 Å². The molecule has 0 heterocycles. The fourth-order valence-electron chi connectivity index (χ4n) is 9.85. The number of carbonyl (C=O) groups excluding carboxylic acids is 3. The summed E-state index contributed by atoms with van der Waals surface area (Å²) in [6, 6.07) is 0. The third kappa shape index (κ3) is 76.6. The van der Waals surface area contributed by atoms with E-state index in [1.54, 1.807) is 7.11 Å². The number of allylic oxidation sites excluding steroid dienone is 4. The van der Waals surface area contributed by atoms with Crippen LogP contribution in [-0.2, 0) is 76.0 Å². The third-order valence-electron chi connectivity index (χ3n) is 15.3. The molecule has 90 heavy (non-hydrogen) atoms. The number of unbranched alkanes of at least 4 members (excludes halogenated alkanes) is 22. The van der Waals surface area contributed by atoms with Crippen molar-refractivity contribution in [1.29, 1.82) is 0 Å². The van der Waals surface area contributed by atoms with E-state index in [-0.39, 0.29) is 5.78 Å². The molecular weight excluding hydrogens is 1150 g/mol. The van der Waals surface area contributed by atoms with Crippen LogP contribution in [0.2, 0.25) is 0 Å². The second-order valence-corrected chi connectivity index (χ2v) is 23.5. The van der Waals surface area contributed by atoms with E-state index < -0.39 is 0 Å².